The zero-order chi connectivity index (χ0) is 11.8. The molecule has 0 bridgehead atoms. The Labute approximate surface area is 97.1 Å². The van der Waals surface area contributed by atoms with Gasteiger partial charge in [-0.05, 0) is 56.5 Å². The van der Waals surface area contributed by atoms with Gasteiger partial charge in [-0.15, -0.1) is 0 Å². The first-order chi connectivity index (χ1) is 7.74. The number of phenolic OH excluding ortho intramolecular Hbond substituents is 2. The van der Waals surface area contributed by atoms with Crippen LogP contribution in [0.25, 0.3) is 0 Å². The second kappa shape index (κ2) is 7.12. The Morgan fingerprint density at radius 2 is 1.88 bits per heavy atom. The van der Waals surface area contributed by atoms with Crippen LogP contribution >= 0.6 is 0 Å². The van der Waals surface area contributed by atoms with Crippen LogP contribution in [0.4, 0.5) is 0 Å². The Morgan fingerprint density at radius 3 is 2.56 bits per heavy atom. The Kier molecular flexibility index (Phi) is 5.72. The summed E-state index contributed by atoms with van der Waals surface area (Å²) in [5.74, 6) is -0.0741. The Morgan fingerprint density at radius 1 is 1.06 bits per heavy atom. The normalized spacial score (nSPS) is 10.6. The largest absolute Gasteiger partial charge is 0.504 e. The van der Waals surface area contributed by atoms with Gasteiger partial charge in [0, 0.05) is 0 Å². The molecule has 3 heteroatoms. The minimum Gasteiger partial charge on any atom is -0.504 e. The molecule has 0 aromatic heterocycles. The summed E-state index contributed by atoms with van der Waals surface area (Å²) in [6.07, 6.45) is 4.36. The van der Waals surface area contributed by atoms with Gasteiger partial charge in [-0.25, -0.2) is 0 Å². The minimum atomic E-state index is -0.0478. The third-order valence-corrected chi connectivity index (χ3v) is 2.54. The Balaban J connectivity index is 2.19. The summed E-state index contributed by atoms with van der Waals surface area (Å²) in [6.45, 7) is 4.30. The Bertz CT molecular complexity index is 313. The van der Waals surface area contributed by atoms with E-state index in [-0.39, 0.29) is 11.5 Å². The maximum atomic E-state index is 9.31. The molecule has 0 atom stereocenters. The van der Waals surface area contributed by atoms with Gasteiger partial charge in [0.1, 0.15) is 0 Å². The quantitative estimate of drug-likeness (QED) is 0.491. The van der Waals surface area contributed by atoms with Gasteiger partial charge in [0.25, 0.3) is 0 Å². The van der Waals surface area contributed by atoms with Gasteiger partial charge in [0.15, 0.2) is 11.5 Å². The molecule has 1 aromatic carbocycles. The first kappa shape index (κ1) is 12.8. The molecule has 0 fully saturated rings. The van der Waals surface area contributed by atoms with Crippen molar-refractivity contribution in [3.8, 4) is 11.5 Å². The number of phenols is 2. The molecule has 16 heavy (non-hydrogen) atoms. The van der Waals surface area contributed by atoms with E-state index in [1.165, 1.54) is 6.42 Å². The topological polar surface area (TPSA) is 52.5 Å². The molecule has 0 heterocycles. The van der Waals surface area contributed by atoms with Crippen LogP contribution in [-0.4, -0.2) is 23.3 Å². The van der Waals surface area contributed by atoms with Crippen LogP contribution in [0.1, 0.15) is 31.7 Å². The molecular formula is C13H21NO2. The lowest BCUT2D eigenvalue weighted by Crippen LogP contribution is -2.15. The van der Waals surface area contributed by atoms with Crippen molar-refractivity contribution in [3.63, 3.8) is 0 Å². The molecule has 0 spiro atoms. The van der Waals surface area contributed by atoms with Crippen LogP contribution in [0, 0.1) is 0 Å². The van der Waals surface area contributed by atoms with E-state index in [4.69, 9.17) is 5.11 Å². The molecule has 3 N–H and O–H groups in total. The van der Waals surface area contributed by atoms with Crippen molar-refractivity contribution in [3.05, 3.63) is 23.8 Å². The van der Waals surface area contributed by atoms with E-state index in [0.29, 0.717) is 0 Å². The number of aryl methyl sites for hydroxylation is 1. The lowest BCUT2D eigenvalue weighted by molar-refractivity contribution is 0.403. The summed E-state index contributed by atoms with van der Waals surface area (Å²) in [5.41, 5.74) is 1.07. The molecule has 0 aliphatic heterocycles. The van der Waals surface area contributed by atoms with Gasteiger partial charge < -0.3 is 15.5 Å². The third-order valence-electron chi connectivity index (χ3n) is 2.54. The maximum Gasteiger partial charge on any atom is 0.157 e. The van der Waals surface area contributed by atoms with E-state index in [0.717, 1.165) is 37.9 Å². The molecule has 0 saturated carbocycles. The molecule has 0 unspecified atom stereocenters. The minimum absolute atomic E-state index is 0.0263. The second-order valence-corrected chi connectivity index (χ2v) is 4.03. The monoisotopic (exact) mass is 223 g/mol. The molecule has 1 aromatic rings. The first-order valence-corrected chi connectivity index (χ1v) is 5.95. The summed E-state index contributed by atoms with van der Waals surface area (Å²) < 4.78 is 0. The summed E-state index contributed by atoms with van der Waals surface area (Å²) >= 11 is 0. The summed E-state index contributed by atoms with van der Waals surface area (Å²) in [4.78, 5) is 0. The van der Waals surface area contributed by atoms with Crippen LogP contribution in [0.2, 0.25) is 0 Å². The van der Waals surface area contributed by atoms with Crippen molar-refractivity contribution in [2.75, 3.05) is 13.1 Å². The van der Waals surface area contributed by atoms with Crippen molar-refractivity contribution in [1.29, 1.82) is 0 Å². The number of hydrogen-bond acceptors (Lipinski definition) is 3. The van der Waals surface area contributed by atoms with E-state index < -0.39 is 0 Å². The lowest BCUT2D eigenvalue weighted by atomic mass is 10.1. The smallest absolute Gasteiger partial charge is 0.157 e. The standard InChI is InChI=1S/C13H21NO2/c1-2-8-14-9-4-3-5-11-6-7-12(15)13(16)10-11/h6-7,10,14-16H,2-5,8-9H2,1H3. The fraction of sp³-hybridized carbons (Fsp3) is 0.538. The highest BCUT2D eigenvalue weighted by Gasteiger charge is 2.00. The summed E-state index contributed by atoms with van der Waals surface area (Å²) in [6, 6.07) is 5.03. The van der Waals surface area contributed by atoms with Crippen LogP contribution in [0.15, 0.2) is 18.2 Å². The predicted octanol–water partition coefficient (Wildman–Crippen LogP) is 2.42. The number of unbranched alkanes of at least 4 members (excludes halogenated alkanes) is 1. The SMILES string of the molecule is CCCNCCCCc1ccc(O)c(O)c1. The highest BCUT2D eigenvalue weighted by Crippen LogP contribution is 2.25. The molecule has 0 aliphatic carbocycles. The number of benzene rings is 1. The van der Waals surface area contributed by atoms with Gasteiger partial charge in [-0.1, -0.05) is 13.0 Å². The second-order valence-electron chi connectivity index (χ2n) is 4.03. The zero-order valence-electron chi connectivity index (χ0n) is 9.87. The summed E-state index contributed by atoms with van der Waals surface area (Å²) in [7, 11) is 0. The summed E-state index contributed by atoms with van der Waals surface area (Å²) in [5, 5.41) is 21.8. The van der Waals surface area contributed by atoms with Crippen molar-refractivity contribution in [2.45, 2.75) is 32.6 Å². The Hall–Kier alpha value is -1.22. The number of nitrogens with one attached hydrogen (secondary N) is 1. The molecule has 3 nitrogen and oxygen atoms in total. The van der Waals surface area contributed by atoms with Gasteiger partial charge in [0.05, 0.1) is 0 Å². The third kappa shape index (κ3) is 4.53. The fourth-order valence-electron chi connectivity index (χ4n) is 1.61. The lowest BCUT2D eigenvalue weighted by Gasteiger charge is -2.04. The van der Waals surface area contributed by atoms with Crippen molar-refractivity contribution in [1.82, 2.24) is 5.32 Å². The fourth-order valence-corrected chi connectivity index (χ4v) is 1.61. The van der Waals surface area contributed by atoms with Gasteiger partial charge >= 0.3 is 0 Å². The van der Waals surface area contributed by atoms with Gasteiger partial charge in [-0.3, -0.25) is 0 Å². The molecule has 0 saturated heterocycles. The van der Waals surface area contributed by atoms with Crippen molar-refractivity contribution in [2.24, 2.45) is 0 Å². The number of rotatable bonds is 7. The molecule has 0 radical (unpaired) electrons. The van der Waals surface area contributed by atoms with Gasteiger partial charge in [-0.2, -0.15) is 0 Å². The molecule has 1 rings (SSSR count). The zero-order valence-corrected chi connectivity index (χ0v) is 9.87. The molecule has 0 aliphatic rings. The average Bonchev–Trinajstić information content (AvgIpc) is 2.28. The average molecular weight is 223 g/mol. The molecular weight excluding hydrogens is 202 g/mol. The number of hydrogen-bond donors (Lipinski definition) is 3. The van der Waals surface area contributed by atoms with E-state index >= 15 is 0 Å². The first-order valence-electron chi connectivity index (χ1n) is 5.95. The highest BCUT2D eigenvalue weighted by molar-refractivity contribution is 5.40. The van der Waals surface area contributed by atoms with Crippen LogP contribution in [-0.2, 0) is 6.42 Å². The predicted molar refractivity (Wildman–Crippen MR) is 65.9 cm³/mol. The van der Waals surface area contributed by atoms with Crippen molar-refractivity contribution >= 4 is 0 Å². The molecule has 90 valence electrons. The van der Waals surface area contributed by atoms with Gasteiger partial charge in [0.2, 0.25) is 0 Å². The molecule has 0 amide bonds. The van der Waals surface area contributed by atoms with Crippen molar-refractivity contribution < 1.29 is 10.2 Å². The highest BCUT2D eigenvalue weighted by atomic mass is 16.3. The maximum absolute atomic E-state index is 9.31. The number of aromatic hydroxyl groups is 2. The van der Waals surface area contributed by atoms with Crippen LogP contribution < -0.4 is 5.32 Å². The van der Waals surface area contributed by atoms with Crippen LogP contribution in [0.3, 0.4) is 0 Å². The van der Waals surface area contributed by atoms with E-state index in [9.17, 15) is 5.11 Å². The van der Waals surface area contributed by atoms with Crippen LogP contribution in [0.5, 0.6) is 11.5 Å². The van der Waals surface area contributed by atoms with E-state index in [1.54, 1.807) is 12.1 Å². The van der Waals surface area contributed by atoms with E-state index in [2.05, 4.69) is 12.2 Å². The van der Waals surface area contributed by atoms with E-state index in [1.807, 2.05) is 6.07 Å².